The summed E-state index contributed by atoms with van der Waals surface area (Å²) in [4.78, 5) is 65.0. The van der Waals surface area contributed by atoms with Gasteiger partial charge in [0, 0.05) is 29.2 Å². The van der Waals surface area contributed by atoms with Crippen molar-refractivity contribution in [1.82, 2.24) is 4.90 Å². The Morgan fingerprint density at radius 2 is 1.89 bits per heavy atom. The Bertz CT molecular complexity index is 1330. The van der Waals surface area contributed by atoms with Crippen molar-refractivity contribution >= 4 is 29.4 Å². The number of carbonyl (C=O) groups excluding carboxylic acids is 4. The molecule has 1 aromatic rings. The van der Waals surface area contributed by atoms with Gasteiger partial charge in [0.05, 0.1) is 25.4 Å². The van der Waals surface area contributed by atoms with Crippen molar-refractivity contribution in [2.75, 3.05) is 13.7 Å². The fraction of sp³-hybridized carbons (Fsp3) is 0.370. The van der Waals surface area contributed by atoms with Gasteiger partial charge in [-0.3, -0.25) is 28.9 Å². The summed E-state index contributed by atoms with van der Waals surface area (Å²) in [6.45, 7) is 1.38. The standard InChI is InChI=1S/C27H25NO8/c1-12-9-19(30)24-17(25(12)33)11-16-14(22(24)13-3-6-18(29)20(10-13)36-2)4-5-15-23(16)27(35)28(26(15)34)8-7-21(31)32/h3-4,6,9-10,15-16,22-23,29H,5,7-8,11H2,1-2H3,(H,31,32). The molecule has 4 aliphatic rings. The van der Waals surface area contributed by atoms with Crippen LogP contribution in [-0.4, -0.2) is 58.1 Å². The predicted molar refractivity (Wildman–Crippen MR) is 125 cm³/mol. The van der Waals surface area contributed by atoms with Gasteiger partial charge in [0.2, 0.25) is 11.8 Å². The first-order valence-electron chi connectivity index (χ1n) is 11.8. The number of carboxylic acids is 1. The Balaban J connectivity index is 1.63. The fourth-order valence-electron chi connectivity index (χ4n) is 6.13. The van der Waals surface area contributed by atoms with Crippen molar-refractivity contribution < 1.29 is 38.9 Å². The molecule has 186 valence electrons. The van der Waals surface area contributed by atoms with E-state index in [4.69, 9.17) is 9.84 Å². The van der Waals surface area contributed by atoms with Gasteiger partial charge in [0.1, 0.15) is 0 Å². The van der Waals surface area contributed by atoms with Crippen molar-refractivity contribution in [3.8, 4) is 11.5 Å². The first kappa shape index (κ1) is 23.7. The monoisotopic (exact) mass is 491 g/mol. The van der Waals surface area contributed by atoms with Gasteiger partial charge in [-0.25, -0.2) is 0 Å². The maximum absolute atomic E-state index is 13.4. The summed E-state index contributed by atoms with van der Waals surface area (Å²) in [5.41, 5.74) is 2.40. The van der Waals surface area contributed by atoms with Gasteiger partial charge in [0.15, 0.2) is 23.1 Å². The van der Waals surface area contributed by atoms with E-state index in [1.807, 2.05) is 6.08 Å². The molecule has 5 rings (SSSR count). The molecule has 2 amide bonds. The quantitative estimate of drug-likeness (QED) is 0.364. The first-order chi connectivity index (χ1) is 17.1. The number of hydrogen-bond acceptors (Lipinski definition) is 7. The minimum absolute atomic E-state index is 0.0760. The third-order valence-corrected chi connectivity index (χ3v) is 7.74. The number of aliphatic carboxylic acids is 1. The van der Waals surface area contributed by atoms with Gasteiger partial charge in [-0.05, 0) is 49.5 Å². The number of ketones is 2. The summed E-state index contributed by atoms with van der Waals surface area (Å²) >= 11 is 0. The lowest BCUT2D eigenvalue weighted by molar-refractivity contribution is -0.142. The highest BCUT2D eigenvalue weighted by atomic mass is 16.5. The van der Waals surface area contributed by atoms with Crippen LogP contribution in [0.15, 0.2) is 52.6 Å². The van der Waals surface area contributed by atoms with E-state index in [-0.39, 0.29) is 48.9 Å². The largest absolute Gasteiger partial charge is 0.504 e. The highest BCUT2D eigenvalue weighted by molar-refractivity contribution is 6.23. The number of methoxy groups -OCH3 is 1. The summed E-state index contributed by atoms with van der Waals surface area (Å²) in [6.07, 6.45) is 3.29. The summed E-state index contributed by atoms with van der Waals surface area (Å²) < 4.78 is 5.27. The molecule has 1 saturated heterocycles. The molecule has 9 heteroatoms. The highest BCUT2D eigenvalue weighted by Gasteiger charge is 2.56. The Morgan fingerprint density at radius 1 is 1.14 bits per heavy atom. The van der Waals surface area contributed by atoms with Gasteiger partial charge in [-0.2, -0.15) is 0 Å². The number of rotatable bonds is 5. The molecule has 9 nitrogen and oxygen atoms in total. The molecule has 3 aliphatic carbocycles. The predicted octanol–water partition coefficient (Wildman–Crippen LogP) is 2.31. The summed E-state index contributed by atoms with van der Waals surface area (Å²) in [7, 11) is 1.41. The van der Waals surface area contributed by atoms with Crippen LogP contribution in [0.2, 0.25) is 0 Å². The van der Waals surface area contributed by atoms with Crippen molar-refractivity contribution in [3.05, 3.63) is 58.2 Å². The third-order valence-electron chi connectivity index (χ3n) is 7.74. The van der Waals surface area contributed by atoms with Crippen LogP contribution in [0, 0.1) is 17.8 Å². The van der Waals surface area contributed by atoms with E-state index in [9.17, 15) is 29.1 Å². The number of aromatic hydroxyl groups is 1. The molecule has 1 aromatic carbocycles. The second-order valence-electron chi connectivity index (χ2n) is 9.63. The minimum atomic E-state index is -1.10. The van der Waals surface area contributed by atoms with E-state index in [2.05, 4.69) is 0 Å². The average molecular weight is 491 g/mol. The van der Waals surface area contributed by atoms with Gasteiger partial charge in [-0.15, -0.1) is 0 Å². The van der Waals surface area contributed by atoms with E-state index in [0.717, 1.165) is 10.5 Å². The number of benzene rings is 1. The fourth-order valence-corrected chi connectivity index (χ4v) is 6.13. The molecular weight excluding hydrogens is 466 g/mol. The van der Waals surface area contributed by atoms with Gasteiger partial charge in [-0.1, -0.05) is 17.7 Å². The molecule has 0 spiro atoms. The molecule has 1 aliphatic heterocycles. The van der Waals surface area contributed by atoms with E-state index in [0.29, 0.717) is 22.3 Å². The van der Waals surface area contributed by atoms with Crippen LogP contribution in [0.25, 0.3) is 0 Å². The van der Waals surface area contributed by atoms with Crippen molar-refractivity contribution in [3.63, 3.8) is 0 Å². The molecule has 2 N–H and O–H groups in total. The van der Waals surface area contributed by atoms with Crippen LogP contribution in [0.3, 0.4) is 0 Å². The van der Waals surface area contributed by atoms with Crippen LogP contribution in [0.5, 0.6) is 11.5 Å². The first-order valence-corrected chi connectivity index (χ1v) is 11.8. The molecule has 1 fully saturated rings. The molecule has 4 atom stereocenters. The minimum Gasteiger partial charge on any atom is -0.504 e. The molecule has 0 radical (unpaired) electrons. The van der Waals surface area contributed by atoms with Crippen LogP contribution in [0.4, 0.5) is 0 Å². The zero-order chi connectivity index (χ0) is 25.9. The number of amides is 2. The number of fused-ring (bicyclic) bond motifs is 3. The van der Waals surface area contributed by atoms with Crippen LogP contribution in [-0.2, 0) is 24.0 Å². The molecule has 4 unspecified atom stereocenters. The second-order valence-corrected chi connectivity index (χ2v) is 9.63. The number of hydrogen-bond donors (Lipinski definition) is 2. The molecule has 36 heavy (non-hydrogen) atoms. The van der Waals surface area contributed by atoms with Crippen molar-refractivity contribution in [1.29, 1.82) is 0 Å². The lowest BCUT2D eigenvalue weighted by Crippen LogP contribution is -2.40. The molecule has 0 bridgehead atoms. The lowest BCUT2D eigenvalue weighted by Gasteiger charge is -2.42. The number of Topliss-reactive ketones (excluding diaryl/α,β-unsaturated/α-hetero) is 1. The van der Waals surface area contributed by atoms with Crippen molar-refractivity contribution in [2.45, 2.75) is 32.1 Å². The highest BCUT2D eigenvalue weighted by Crippen LogP contribution is 2.55. The van der Waals surface area contributed by atoms with Gasteiger partial charge >= 0.3 is 5.97 Å². The summed E-state index contributed by atoms with van der Waals surface area (Å²) in [5.74, 6) is -4.87. The number of imide groups is 1. The van der Waals surface area contributed by atoms with E-state index >= 15 is 0 Å². The van der Waals surface area contributed by atoms with Crippen LogP contribution < -0.4 is 4.74 Å². The van der Waals surface area contributed by atoms with Crippen LogP contribution in [0.1, 0.15) is 37.7 Å². The Hall–Kier alpha value is -4.01. The third kappa shape index (κ3) is 3.49. The number of nitrogens with zero attached hydrogens (tertiary/aromatic N) is 1. The normalized spacial score (nSPS) is 27.3. The zero-order valence-corrected chi connectivity index (χ0v) is 19.8. The Kier molecular flexibility index (Phi) is 5.65. The average Bonchev–Trinajstić information content (AvgIpc) is 3.09. The number of allylic oxidation sites excluding steroid dienone is 6. The van der Waals surface area contributed by atoms with E-state index < -0.39 is 41.5 Å². The molecule has 0 aromatic heterocycles. The van der Waals surface area contributed by atoms with E-state index in [1.54, 1.807) is 19.1 Å². The molecular formula is C27H25NO8. The zero-order valence-electron chi connectivity index (χ0n) is 19.8. The van der Waals surface area contributed by atoms with Crippen LogP contribution >= 0.6 is 0 Å². The molecule has 0 saturated carbocycles. The Morgan fingerprint density at radius 3 is 2.58 bits per heavy atom. The number of phenols is 1. The lowest BCUT2D eigenvalue weighted by atomic mass is 9.59. The van der Waals surface area contributed by atoms with Gasteiger partial charge < -0.3 is 14.9 Å². The van der Waals surface area contributed by atoms with Crippen molar-refractivity contribution in [2.24, 2.45) is 17.8 Å². The smallest absolute Gasteiger partial charge is 0.305 e. The Labute approximate surface area is 206 Å². The second kappa shape index (κ2) is 8.58. The number of likely N-dealkylation sites (tertiary alicyclic amines) is 1. The number of carboxylic acid groups (broad SMARTS) is 1. The van der Waals surface area contributed by atoms with Gasteiger partial charge in [0.25, 0.3) is 0 Å². The van der Waals surface area contributed by atoms with E-state index in [1.165, 1.54) is 19.3 Å². The SMILES string of the molecule is COc1cc(C2C3=CCC4C(=O)N(CCC(=O)O)C(=O)C4C3CC3=C2C(=O)C=C(C)C3=O)ccc1O. The number of carbonyl (C=O) groups is 5. The summed E-state index contributed by atoms with van der Waals surface area (Å²) in [6, 6.07) is 4.73. The number of ether oxygens (including phenoxy) is 1. The summed E-state index contributed by atoms with van der Waals surface area (Å²) in [5, 5.41) is 19.2. The molecule has 1 heterocycles. The number of phenolic OH excluding ortho intramolecular Hbond substituents is 1. The maximum Gasteiger partial charge on any atom is 0.305 e. The topological polar surface area (TPSA) is 138 Å². The maximum atomic E-state index is 13.4.